The highest BCUT2D eigenvalue weighted by Gasteiger charge is 2.22. The Labute approximate surface area is 149 Å². The van der Waals surface area contributed by atoms with Crippen LogP contribution in [0.25, 0.3) is 6.08 Å². The number of carbonyl (C=O) groups excluding carboxylic acids is 2. The van der Waals surface area contributed by atoms with E-state index in [2.05, 4.69) is 17.6 Å². The van der Waals surface area contributed by atoms with Gasteiger partial charge in [0.15, 0.2) is 0 Å². The minimum absolute atomic E-state index is 0.120. The fourth-order valence-electron chi connectivity index (χ4n) is 2.94. The Morgan fingerprint density at radius 3 is 2.40 bits per heavy atom. The predicted molar refractivity (Wildman–Crippen MR) is 99.2 cm³/mol. The fourth-order valence-corrected chi connectivity index (χ4v) is 2.94. The van der Waals surface area contributed by atoms with Crippen molar-refractivity contribution in [2.45, 2.75) is 51.6 Å². The zero-order valence-electron chi connectivity index (χ0n) is 15.2. The highest BCUT2D eigenvalue weighted by Crippen LogP contribution is 2.23. The van der Waals surface area contributed by atoms with Crippen LogP contribution >= 0.6 is 0 Å². The van der Waals surface area contributed by atoms with Gasteiger partial charge in [-0.1, -0.05) is 19.1 Å². The SMILES string of the molecule is COc1ccc(/C=C/C(=O)NC(C)C(=O)NC2CCC(C)CC2)cc1. The van der Waals surface area contributed by atoms with Gasteiger partial charge in [0, 0.05) is 12.1 Å². The second-order valence-corrected chi connectivity index (χ2v) is 6.80. The second-order valence-electron chi connectivity index (χ2n) is 6.80. The minimum atomic E-state index is -0.549. The topological polar surface area (TPSA) is 67.4 Å². The van der Waals surface area contributed by atoms with Gasteiger partial charge in [-0.15, -0.1) is 0 Å². The van der Waals surface area contributed by atoms with Crippen molar-refractivity contribution in [3.05, 3.63) is 35.9 Å². The monoisotopic (exact) mass is 344 g/mol. The number of amides is 2. The number of hydrogen-bond donors (Lipinski definition) is 2. The Kier molecular flexibility index (Phi) is 7.04. The normalized spacial score (nSPS) is 21.6. The zero-order chi connectivity index (χ0) is 18.2. The van der Waals surface area contributed by atoms with Crippen LogP contribution in [0.2, 0.25) is 0 Å². The molecule has 1 aliphatic carbocycles. The summed E-state index contributed by atoms with van der Waals surface area (Å²) in [5.41, 5.74) is 0.893. The lowest BCUT2D eigenvalue weighted by Gasteiger charge is -2.28. The van der Waals surface area contributed by atoms with Gasteiger partial charge in [-0.05, 0) is 62.3 Å². The van der Waals surface area contributed by atoms with Gasteiger partial charge in [0.05, 0.1) is 7.11 Å². The van der Waals surface area contributed by atoms with E-state index in [1.165, 1.54) is 6.08 Å². The van der Waals surface area contributed by atoms with Crippen LogP contribution in [-0.2, 0) is 9.59 Å². The standard InChI is InChI=1S/C20H28N2O3/c1-14-4-9-17(10-5-14)22-20(24)15(2)21-19(23)13-8-16-6-11-18(25-3)12-7-16/h6-8,11-15,17H,4-5,9-10H2,1-3H3,(H,21,23)(H,22,24)/b13-8+. The number of carbonyl (C=O) groups is 2. The highest BCUT2D eigenvalue weighted by atomic mass is 16.5. The summed E-state index contributed by atoms with van der Waals surface area (Å²) >= 11 is 0. The van der Waals surface area contributed by atoms with Gasteiger partial charge >= 0.3 is 0 Å². The summed E-state index contributed by atoms with van der Waals surface area (Å²) < 4.78 is 5.09. The number of hydrogen-bond acceptors (Lipinski definition) is 3. The van der Waals surface area contributed by atoms with Crippen LogP contribution in [0.4, 0.5) is 0 Å². The Morgan fingerprint density at radius 2 is 1.80 bits per heavy atom. The average molecular weight is 344 g/mol. The molecule has 2 rings (SSSR count). The molecule has 0 radical (unpaired) electrons. The summed E-state index contributed by atoms with van der Waals surface area (Å²) in [6.45, 7) is 3.95. The van der Waals surface area contributed by atoms with Gasteiger partial charge in [0.1, 0.15) is 11.8 Å². The van der Waals surface area contributed by atoms with Gasteiger partial charge in [0.2, 0.25) is 11.8 Å². The lowest BCUT2D eigenvalue weighted by molar-refractivity contribution is -0.127. The van der Waals surface area contributed by atoms with Crippen LogP contribution < -0.4 is 15.4 Å². The lowest BCUT2D eigenvalue weighted by atomic mass is 9.87. The first-order valence-corrected chi connectivity index (χ1v) is 8.91. The average Bonchev–Trinajstić information content (AvgIpc) is 2.62. The predicted octanol–water partition coefficient (Wildman–Crippen LogP) is 2.91. The molecule has 25 heavy (non-hydrogen) atoms. The van der Waals surface area contributed by atoms with Crippen molar-refractivity contribution in [3.8, 4) is 5.75 Å². The molecule has 2 amide bonds. The quantitative estimate of drug-likeness (QED) is 0.780. The van der Waals surface area contributed by atoms with Gasteiger partial charge in [-0.25, -0.2) is 0 Å². The molecule has 5 nitrogen and oxygen atoms in total. The molecule has 1 atom stereocenters. The van der Waals surface area contributed by atoms with E-state index in [9.17, 15) is 9.59 Å². The molecule has 0 spiro atoms. The van der Waals surface area contributed by atoms with Crippen molar-refractivity contribution >= 4 is 17.9 Å². The number of methoxy groups -OCH3 is 1. The van der Waals surface area contributed by atoms with Crippen LogP contribution in [0, 0.1) is 5.92 Å². The molecule has 1 fully saturated rings. The lowest BCUT2D eigenvalue weighted by Crippen LogP contribution is -2.48. The third kappa shape index (κ3) is 6.25. The van der Waals surface area contributed by atoms with E-state index in [4.69, 9.17) is 4.74 Å². The van der Waals surface area contributed by atoms with Crippen LogP contribution in [0.15, 0.2) is 30.3 Å². The Hall–Kier alpha value is -2.30. The van der Waals surface area contributed by atoms with Gasteiger partial charge < -0.3 is 15.4 Å². The molecule has 0 bridgehead atoms. The Balaban J connectivity index is 1.78. The van der Waals surface area contributed by atoms with E-state index < -0.39 is 6.04 Å². The molecule has 1 aliphatic rings. The second kappa shape index (κ2) is 9.25. The zero-order valence-corrected chi connectivity index (χ0v) is 15.2. The van der Waals surface area contributed by atoms with Crippen molar-refractivity contribution < 1.29 is 14.3 Å². The van der Waals surface area contributed by atoms with Crippen molar-refractivity contribution in [3.63, 3.8) is 0 Å². The number of ether oxygens (including phenoxy) is 1. The van der Waals surface area contributed by atoms with Crippen LogP contribution in [0.3, 0.4) is 0 Å². The van der Waals surface area contributed by atoms with Crippen LogP contribution in [0.5, 0.6) is 5.75 Å². The third-order valence-electron chi connectivity index (χ3n) is 4.66. The molecule has 1 aromatic rings. The molecule has 0 saturated heterocycles. The molecule has 1 saturated carbocycles. The van der Waals surface area contributed by atoms with E-state index in [0.29, 0.717) is 0 Å². The van der Waals surface area contributed by atoms with Crippen molar-refractivity contribution in [2.75, 3.05) is 7.11 Å². The first kappa shape index (κ1) is 19.0. The van der Waals surface area contributed by atoms with Crippen molar-refractivity contribution in [1.82, 2.24) is 10.6 Å². The summed E-state index contributed by atoms with van der Waals surface area (Å²) in [6.07, 6.45) is 7.48. The maximum absolute atomic E-state index is 12.2. The van der Waals surface area contributed by atoms with Crippen LogP contribution in [-0.4, -0.2) is 31.0 Å². The third-order valence-corrected chi connectivity index (χ3v) is 4.66. The minimum Gasteiger partial charge on any atom is -0.497 e. The molecule has 2 N–H and O–H groups in total. The number of rotatable bonds is 6. The first-order valence-electron chi connectivity index (χ1n) is 8.91. The molecular weight excluding hydrogens is 316 g/mol. The van der Waals surface area contributed by atoms with E-state index >= 15 is 0 Å². The summed E-state index contributed by atoms with van der Waals surface area (Å²) in [7, 11) is 1.61. The molecule has 0 aromatic heterocycles. The maximum Gasteiger partial charge on any atom is 0.244 e. The molecule has 0 heterocycles. The molecule has 5 heteroatoms. The highest BCUT2D eigenvalue weighted by molar-refractivity contribution is 5.95. The summed E-state index contributed by atoms with van der Waals surface area (Å²) in [5, 5.41) is 5.75. The van der Waals surface area contributed by atoms with Gasteiger partial charge in [0.25, 0.3) is 0 Å². The Bertz CT molecular complexity index is 602. The molecular formula is C20H28N2O3. The van der Waals surface area contributed by atoms with Crippen molar-refractivity contribution in [1.29, 1.82) is 0 Å². The molecule has 1 unspecified atom stereocenters. The molecule has 1 aromatic carbocycles. The first-order chi connectivity index (χ1) is 12.0. The van der Waals surface area contributed by atoms with Crippen molar-refractivity contribution in [2.24, 2.45) is 5.92 Å². The number of benzene rings is 1. The Morgan fingerprint density at radius 1 is 1.16 bits per heavy atom. The summed E-state index contributed by atoms with van der Waals surface area (Å²) in [4.78, 5) is 24.2. The summed E-state index contributed by atoms with van der Waals surface area (Å²) in [6, 6.07) is 7.08. The van der Waals surface area contributed by atoms with E-state index in [1.807, 2.05) is 24.3 Å². The molecule has 0 aliphatic heterocycles. The summed E-state index contributed by atoms with van der Waals surface area (Å²) in [5.74, 6) is 1.11. The molecule has 136 valence electrons. The van der Waals surface area contributed by atoms with Crippen LogP contribution in [0.1, 0.15) is 45.1 Å². The van der Waals surface area contributed by atoms with E-state index in [0.717, 1.165) is 42.9 Å². The van der Waals surface area contributed by atoms with Gasteiger partial charge in [-0.2, -0.15) is 0 Å². The number of nitrogens with one attached hydrogen (secondary N) is 2. The van der Waals surface area contributed by atoms with E-state index in [-0.39, 0.29) is 17.9 Å². The smallest absolute Gasteiger partial charge is 0.244 e. The van der Waals surface area contributed by atoms with E-state index in [1.54, 1.807) is 20.1 Å². The fraction of sp³-hybridized carbons (Fsp3) is 0.500. The van der Waals surface area contributed by atoms with Gasteiger partial charge in [-0.3, -0.25) is 9.59 Å². The largest absolute Gasteiger partial charge is 0.497 e. The maximum atomic E-state index is 12.2.